The van der Waals surface area contributed by atoms with Crippen LogP contribution in [0.15, 0.2) is 87.5 Å². The van der Waals surface area contributed by atoms with Crippen molar-refractivity contribution in [1.82, 2.24) is 14.5 Å². The molecule has 1 atom stereocenters. The van der Waals surface area contributed by atoms with Crippen molar-refractivity contribution in [3.8, 4) is 17.0 Å². The molecule has 0 radical (unpaired) electrons. The third-order valence-corrected chi connectivity index (χ3v) is 8.44. The van der Waals surface area contributed by atoms with E-state index in [0.717, 1.165) is 22.4 Å². The molecule has 39 heavy (non-hydrogen) atoms. The molecule has 0 spiro atoms. The Morgan fingerprint density at radius 3 is 2.31 bits per heavy atom. The molecular formula is C30H33N3O5S. The van der Waals surface area contributed by atoms with Gasteiger partial charge in [0.25, 0.3) is 5.56 Å². The Labute approximate surface area is 228 Å². The molecule has 1 N–H and O–H groups in total. The van der Waals surface area contributed by atoms with E-state index in [-0.39, 0.29) is 11.5 Å². The first kappa shape index (κ1) is 28.2. The molecule has 2 aromatic heterocycles. The van der Waals surface area contributed by atoms with Gasteiger partial charge in [-0.15, -0.1) is 0 Å². The van der Waals surface area contributed by atoms with Gasteiger partial charge in [-0.25, -0.2) is 8.42 Å². The molecule has 2 heterocycles. The van der Waals surface area contributed by atoms with Crippen molar-refractivity contribution in [3.05, 3.63) is 100 Å². The van der Waals surface area contributed by atoms with E-state index >= 15 is 0 Å². The molecule has 0 fully saturated rings. The minimum Gasteiger partial charge on any atom is -0.493 e. The maximum atomic E-state index is 13.8. The maximum absolute atomic E-state index is 13.8. The average molecular weight is 548 g/mol. The molecule has 0 aliphatic rings. The zero-order valence-corrected chi connectivity index (χ0v) is 23.4. The fraction of sp³-hybridized carbons (Fsp3) is 0.300. The Kier molecular flexibility index (Phi) is 8.62. The summed E-state index contributed by atoms with van der Waals surface area (Å²) in [6.07, 6.45) is 2.77. The molecule has 1 unspecified atom stereocenters. The third-order valence-electron chi connectivity index (χ3n) is 6.65. The van der Waals surface area contributed by atoms with Crippen LogP contribution in [0.25, 0.3) is 11.1 Å². The van der Waals surface area contributed by atoms with E-state index in [4.69, 9.17) is 4.74 Å². The van der Waals surface area contributed by atoms with Crippen molar-refractivity contribution in [2.24, 2.45) is 5.92 Å². The fourth-order valence-corrected chi connectivity index (χ4v) is 5.92. The highest BCUT2D eigenvalue weighted by Crippen LogP contribution is 2.33. The minimum absolute atomic E-state index is 0.119. The van der Waals surface area contributed by atoms with E-state index in [9.17, 15) is 18.3 Å². The van der Waals surface area contributed by atoms with Crippen LogP contribution in [0, 0.1) is 12.8 Å². The van der Waals surface area contributed by atoms with Gasteiger partial charge in [0.15, 0.2) is 4.90 Å². The van der Waals surface area contributed by atoms with Crippen LogP contribution in [0.2, 0.25) is 0 Å². The number of aryl methyl sites for hydroxylation is 2. The van der Waals surface area contributed by atoms with Crippen LogP contribution < -0.4 is 5.56 Å². The average Bonchev–Trinajstić information content (AvgIpc) is 2.91. The van der Waals surface area contributed by atoms with E-state index in [2.05, 4.69) is 9.97 Å². The van der Waals surface area contributed by atoms with Crippen LogP contribution in [0.1, 0.15) is 43.4 Å². The highest BCUT2D eigenvalue weighted by Gasteiger charge is 2.32. The molecular weight excluding hydrogens is 514 g/mol. The highest BCUT2D eigenvalue weighted by molar-refractivity contribution is 7.91. The number of methoxy groups -OCH3 is 1. The molecule has 0 amide bonds. The number of aromatic nitrogens is 3. The summed E-state index contributed by atoms with van der Waals surface area (Å²) >= 11 is 0. The Morgan fingerprint density at radius 2 is 1.69 bits per heavy atom. The maximum Gasteiger partial charge on any atom is 0.296 e. The highest BCUT2D eigenvalue weighted by atomic mass is 32.2. The molecule has 9 heteroatoms. The van der Waals surface area contributed by atoms with Gasteiger partial charge in [0, 0.05) is 31.0 Å². The first-order chi connectivity index (χ1) is 18.6. The Bertz CT molecular complexity index is 1600. The first-order valence-electron chi connectivity index (χ1n) is 12.8. The van der Waals surface area contributed by atoms with Gasteiger partial charge >= 0.3 is 0 Å². The van der Waals surface area contributed by atoms with Crippen molar-refractivity contribution in [3.63, 3.8) is 0 Å². The molecule has 0 aliphatic heterocycles. The van der Waals surface area contributed by atoms with Crippen LogP contribution >= 0.6 is 0 Å². The van der Waals surface area contributed by atoms with Crippen LogP contribution in [0.3, 0.4) is 0 Å². The van der Waals surface area contributed by atoms with Crippen LogP contribution in [-0.4, -0.2) is 41.8 Å². The molecule has 0 saturated carbocycles. The van der Waals surface area contributed by atoms with Crippen molar-refractivity contribution in [2.45, 2.75) is 49.4 Å². The number of sulfone groups is 1. The van der Waals surface area contributed by atoms with Gasteiger partial charge in [0.1, 0.15) is 5.82 Å². The fourth-order valence-electron chi connectivity index (χ4n) is 4.58. The predicted molar refractivity (Wildman–Crippen MR) is 150 cm³/mol. The van der Waals surface area contributed by atoms with Gasteiger partial charge in [0.2, 0.25) is 15.7 Å². The summed E-state index contributed by atoms with van der Waals surface area (Å²) in [5.74, 6) is -0.0363. The van der Waals surface area contributed by atoms with Crippen LogP contribution in [0.4, 0.5) is 0 Å². The molecule has 204 valence electrons. The molecule has 2 aromatic carbocycles. The van der Waals surface area contributed by atoms with Gasteiger partial charge in [-0.2, -0.15) is 4.98 Å². The molecule has 0 bridgehead atoms. The standard InChI is InChI=1S/C30H33N3O5S/c1-20(2)12-17-27-32-29(34)28(30(35)33(27)26(19-38-4)23-9-6-5-7-10-23)39(36,37)24-15-13-22(14-16-24)25-11-8-18-31-21(25)3/h5-11,13-16,18,20,26,35H,12,17,19H2,1-4H3. The topological polar surface area (TPSA) is 111 Å². The van der Waals surface area contributed by atoms with Crippen molar-refractivity contribution >= 4 is 9.84 Å². The van der Waals surface area contributed by atoms with Crippen molar-refractivity contribution in [1.29, 1.82) is 0 Å². The molecule has 8 nitrogen and oxygen atoms in total. The zero-order valence-electron chi connectivity index (χ0n) is 22.5. The van der Waals surface area contributed by atoms with Gasteiger partial charge < -0.3 is 9.84 Å². The van der Waals surface area contributed by atoms with E-state index in [0.29, 0.717) is 24.6 Å². The summed E-state index contributed by atoms with van der Waals surface area (Å²) in [7, 11) is -2.89. The Hall–Kier alpha value is -3.82. The number of ether oxygens (including phenoxy) is 1. The molecule has 0 saturated heterocycles. The van der Waals surface area contributed by atoms with Gasteiger partial charge in [-0.1, -0.05) is 62.4 Å². The molecule has 0 aliphatic carbocycles. The summed E-state index contributed by atoms with van der Waals surface area (Å²) in [6, 6.07) is 18.6. The van der Waals surface area contributed by atoms with E-state index in [1.807, 2.05) is 63.2 Å². The third kappa shape index (κ3) is 5.94. The lowest BCUT2D eigenvalue weighted by Gasteiger charge is -2.26. The second-order valence-corrected chi connectivity index (χ2v) is 11.7. The summed E-state index contributed by atoms with van der Waals surface area (Å²) < 4.78 is 34.5. The van der Waals surface area contributed by atoms with Crippen molar-refractivity contribution in [2.75, 3.05) is 13.7 Å². The largest absolute Gasteiger partial charge is 0.493 e. The summed E-state index contributed by atoms with van der Waals surface area (Å²) in [4.78, 5) is 20.8. The van der Waals surface area contributed by atoms with E-state index in [1.54, 1.807) is 18.3 Å². The summed E-state index contributed by atoms with van der Waals surface area (Å²) in [5.41, 5.74) is 2.25. The Morgan fingerprint density at radius 1 is 1.00 bits per heavy atom. The van der Waals surface area contributed by atoms with Crippen LogP contribution in [0.5, 0.6) is 5.88 Å². The SMILES string of the molecule is COCC(c1ccccc1)n1c(CCC(C)C)nc(=O)c(S(=O)(=O)c2ccc(-c3cccnc3C)cc2)c1O. The zero-order chi connectivity index (χ0) is 28.2. The quantitative estimate of drug-likeness (QED) is 0.298. The van der Waals surface area contributed by atoms with E-state index in [1.165, 1.54) is 23.8 Å². The number of aromatic hydroxyl groups is 1. The normalized spacial score (nSPS) is 12.5. The van der Waals surface area contributed by atoms with E-state index < -0.39 is 32.2 Å². The lowest BCUT2D eigenvalue weighted by molar-refractivity contribution is 0.161. The first-order valence-corrected chi connectivity index (χ1v) is 14.3. The van der Waals surface area contributed by atoms with Gasteiger partial charge in [0.05, 0.1) is 17.5 Å². The Balaban J connectivity index is 1.88. The van der Waals surface area contributed by atoms with Crippen LogP contribution in [-0.2, 0) is 21.0 Å². The number of rotatable bonds is 10. The summed E-state index contributed by atoms with van der Waals surface area (Å²) in [5, 5.41) is 11.5. The molecule has 4 rings (SSSR count). The lowest BCUT2D eigenvalue weighted by atomic mass is 10.0. The number of benzene rings is 2. The second kappa shape index (κ2) is 11.9. The minimum atomic E-state index is -4.41. The molecule has 4 aromatic rings. The number of nitrogens with zero attached hydrogens (tertiary/aromatic N) is 3. The van der Waals surface area contributed by atoms with Gasteiger partial charge in [-0.3, -0.25) is 14.3 Å². The lowest BCUT2D eigenvalue weighted by Crippen LogP contribution is -2.29. The number of hydrogen-bond acceptors (Lipinski definition) is 7. The van der Waals surface area contributed by atoms with Crippen molar-refractivity contribution < 1.29 is 18.3 Å². The number of hydrogen-bond donors (Lipinski definition) is 1. The smallest absolute Gasteiger partial charge is 0.296 e. The predicted octanol–water partition coefficient (Wildman–Crippen LogP) is 4.98. The van der Waals surface area contributed by atoms with Gasteiger partial charge in [-0.05, 0) is 48.6 Å². The summed E-state index contributed by atoms with van der Waals surface area (Å²) in [6.45, 7) is 6.09. The monoisotopic (exact) mass is 547 g/mol. The number of pyridine rings is 1. The second-order valence-electron chi connectivity index (χ2n) is 9.83.